The Morgan fingerprint density at radius 3 is 2.67 bits per heavy atom. The molecular weight excluding hydrogens is 266 g/mol. The van der Waals surface area contributed by atoms with E-state index in [0.717, 1.165) is 24.1 Å². The number of benzene rings is 1. The highest BCUT2D eigenvalue weighted by atomic mass is 16.2. The maximum atomic E-state index is 12.3. The summed E-state index contributed by atoms with van der Waals surface area (Å²) >= 11 is 0. The molecule has 1 aromatic carbocycles. The molecule has 5 heteroatoms. The molecule has 0 unspecified atom stereocenters. The predicted octanol–water partition coefficient (Wildman–Crippen LogP) is 2.13. The normalized spacial score (nSPS) is 16.6. The van der Waals surface area contributed by atoms with Gasteiger partial charge in [-0.05, 0) is 38.0 Å². The van der Waals surface area contributed by atoms with Crippen LogP contribution in [0.3, 0.4) is 0 Å². The van der Waals surface area contributed by atoms with Crippen molar-refractivity contribution in [3.05, 3.63) is 33.9 Å². The van der Waals surface area contributed by atoms with Gasteiger partial charge in [0, 0.05) is 19.2 Å². The Hall–Kier alpha value is -2.17. The number of aromatic nitrogens is 2. The quantitative estimate of drug-likeness (QED) is 0.919. The highest BCUT2D eigenvalue weighted by Gasteiger charge is 2.42. The molecule has 0 spiro atoms. The Morgan fingerprint density at radius 1 is 1.29 bits per heavy atom. The zero-order chi connectivity index (χ0) is 15.4. The molecule has 2 heterocycles. The molecule has 1 aliphatic heterocycles. The summed E-state index contributed by atoms with van der Waals surface area (Å²) < 4.78 is 0. The first-order valence-electron chi connectivity index (χ1n) is 7.22. The van der Waals surface area contributed by atoms with Gasteiger partial charge in [-0.2, -0.15) is 0 Å². The van der Waals surface area contributed by atoms with E-state index in [1.807, 2.05) is 32.9 Å². The van der Waals surface area contributed by atoms with Gasteiger partial charge in [0.2, 0.25) is 5.91 Å². The smallest absolute Gasteiger partial charge is 0.258 e. The lowest BCUT2D eigenvalue weighted by atomic mass is 9.85. The molecule has 0 saturated heterocycles. The summed E-state index contributed by atoms with van der Waals surface area (Å²) in [5.41, 5.74) is 1.64. The molecular formula is C16H19N3O2. The van der Waals surface area contributed by atoms with Crippen LogP contribution in [0.5, 0.6) is 0 Å². The summed E-state index contributed by atoms with van der Waals surface area (Å²) in [4.78, 5) is 33.6. The van der Waals surface area contributed by atoms with Gasteiger partial charge < -0.3 is 9.88 Å². The van der Waals surface area contributed by atoms with Gasteiger partial charge in [0.15, 0.2) is 0 Å². The summed E-state index contributed by atoms with van der Waals surface area (Å²) in [6.45, 7) is 5.81. The number of amides is 1. The first-order valence-corrected chi connectivity index (χ1v) is 7.22. The highest BCUT2D eigenvalue weighted by molar-refractivity contribution is 6.09. The molecule has 3 rings (SSSR count). The third kappa shape index (κ3) is 1.87. The number of nitrogens with zero attached hydrogens (tertiary/aromatic N) is 2. The Labute approximate surface area is 123 Å². The summed E-state index contributed by atoms with van der Waals surface area (Å²) in [5.74, 6) is 0.735. The van der Waals surface area contributed by atoms with Crippen LogP contribution in [0.15, 0.2) is 16.9 Å². The van der Waals surface area contributed by atoms with Crippen molar-refractivity contribution in [2.45, 2.75) is 39.0 Å². The van der Waals surface area contributed by atoms with E-state index < -0.39 is 5.41 Å². The molecule has 0 aliphatic carbocycles. The van der Waals surface area contributed by atoms with Gasteiger partial charge in [-0.15, -0.1) is 0 Å². The topological polar surface area (TPSA) is 66.1 Å². The van der Waals surface area contributed by atoms with Crippen LogP contribution in [0.2, 0.25) is 0 Å². The van der Waals surface area contributed by atoms with Crippen LogP contribution in [0.1, 0.15) is 38.6 Å². The average Bonchev–Trinajstić information content (AvgIpc) is 2.59. The first-order chi connectivity index (χ1) is 9.86. The third-order valence-electron chi connectivity index (χ3n) is 4.23. The second-order valence-corrected chi connectivity index (χ2v) is 6.14. The molecule has 0 fully saturated rings. The van der Waals surface area contributed by atoms with Crippen LogP contribution in [-0.4, -0.2) is 22.9 Å². The molecule has 5 nitrogen and oxygen atoms in total. The van der Waals surface area contributed by atoms with E-state index in [-0.39, 0.29) is 11.5 Å². The first kappa shape index (κ1) is 13.8. The lowest BCUT2D eigenvalue weighted by Gasteiger charge is -2.16. The van der Waals surface area contributed by atoms with Gasteiger partial charge in [-0.3, -0.25) is 9.59 Å². The second-order valence-electron chi connectivity index (χ2n) is 6.14. The molecule has 0 bridgehead atoms. The summed E-state index contributed by atoms with van der Waals surface area (Å²) in [6, 6.07) is 3.67. The van der Waals surface area contributed by atoms with E-state index in [1.165, 1.54) is 0 Å². The number of hydrogen-bond donors (Lipinski definition) is 1. The van der Waals surface area contributed by atoms with Crippen LogP contribution in [0.4, 0.5) is 5.69 Å². The number of anilines is 1. The molecule has 1 aromatic heterocycles. The molecule has 0 radical (unpaired) electrons. The number of H-pyrrole nitrogens is 1. The number of carbonyl (C=O) groups is 1. The Morgan fingerprint density at radius 2 is 2.00 bits per heavy atom. The van der Waals surface area contributed by atoms with E-state index in [4.69, 9.17) is 0 Å². The monoisotopic (exact) mass is 285 g/mol. The number of hydrogen-bond acceptors (Lipinski definition) is 3. The minimum absolute atomic E-state index is 0.0398. The molecule has 110 valence electrons. The minimum atomic E-state index is -0.604. The van der Waals surface area contributed by atoms with Crippen molar-refractivity contribution in [1.82, 2.24) is 9.97 Å². The molecule has 21 heavy (non-hydrogen) atoms. The van der Waals surface area contributed by atoms with E-state index in [0.29, 0.717) is 16.7 Å². The predicted molar refractivity (Wildman–Crippen MR) is 82.8 cm³/mol. The number of likely N-dealkylation sites (N-methyl/N-ethyl adjacent to an activating group) is 1. The number of aromatic amines is 1. The zero-order valence-electron chi connectivity index (χ0n) is 12.8. The van der Waals surface area contributed by atoms with Crippen molar-refractivity contribution in [2.75, 3.05) is 11.9 Å². The molecule has 1 aliphatic rings. The SMILES string of the molecule is CCCc1nc2cc3c(cc2c(=O)[nH]1)C(C)(C)C(=O)N3C. The van der Waals surface area contributed by atoms with Gasteiger partial charge in [-0.25, -0.2) is 4.98 Å². The molecule has 1 N–H and O–H groups in total. The standard InChI is InChI=1S/C16H19N3O2/c1-5-6-13-17-11-8-12-10(7-9(11)14(20)18-13)16(2,3)15(21)19(12)4/h7-8H,5-6H2,1-4H3,(H,17,18,20). The highest BCUT2D eigenvalue weighted by Crippen LogP contribution is 2.41. The van der Waals surface area contributed by atoms with E-state index in [1.54, 1.807) is 11.9 Å². The van der Waals surface area contributed by atoms with Crippen LogP contribution >= 0.6 is 0 Å². The summed E-state index contributed by atoms with van der Waals surface area (Å²) in [7, 11) is 1.77. The van der Waals surface area contributed by atoms with E-state index in [2.05, 4.69) is 9.97 Å². The van der Waals surface area contributed by atoms with E-state index >= 15 is 0 Å². The fourth-order valence-electron chi connectivity index (χ4n) is 3.00. The Kier molecular flexibility index (Phi) is 2.90. The van der Waals surface area contributed by atoms with Gasteiger partial charge in [0.05, 0.1) is 16.3 Å². The number of nitrogens with one attached hydrogen (secondary N) is 1. The number of carbonyl (C=O) groups excluding carboxylic acids is 1. The van der Waals surface area contributed by atoms with Gasteiger partial charge >= 0.3 is 0 Å². The van der Waals surface area contributed by atoms with Gasteiger partial charge in [-0.1, -0.05) is 6.92 Å². The molecule has 2 aromatic rings. The van der Waals surface area contributed by atoms with Crippen LogP contribution in [0.25, 0.3) is 10.9 Å². The molecule has 0 saturated carbocycles. The Bertz CT molecular complexity index is 805. The molecule has 1 amide bonds. The van der Waals surface area contributed by atoms with Crippen LogP contribution < -0.4 is 10.5 Å². The van der Waals surface area contributed by atoms with Gasteiger partial charge in [0.1, 0.15) is 5.82 Å². The number of fused-ring (bicyclic) bond motifs is 2. The summed E-state index contributed by atoms with van der Waals surface area (Å²) in [5, 5.41) is 0.546. The van der Waals surface area contributed by atoms with Crippen molar-refractivity contribution in [3.8, 4) is 0 Å². The maximum absolute atomic E-state index is 12.3. The van der Waals surface area contributed by atoms with E-state index in [9.17, 15) is 9.59 Å². The third-order valence-corrected chi connectivity index (χ3v) is 4.23. The van der Waals surface area contributed by atoms with Crippen molar-refractivity contribution >= 4 is 22.5 Å². The summed E-state index contributed by atoms with van der Waals surface area (Å²) in [6.07, 6.45) is 1.66. The van der Waals surface area contributed by atoms with Crippen LogP contribution in [-0.2, 0) is 16.6 Å². The van der Waals surface area contributed by atoms with Crippen molar-refractivity contribution in [3.63, 3.8) is 0 Å². The Balaban J connectivity index is 2.31. The number of aryl methyl sites for hydroxylation is 1. The fraction of sp³-hybridized carbons (Fsp3) is 0.438. The minimum Gasteiger partial charge on any atom is -0.314 e. The van der Waals surface area contributed by atoms with Crippen LogP contribution in [0, 0.1) is 0 Å². The lowest BCUT2D eigenvalue weighted by molar-refractivity contribution is -0.121. The number of rotatable bonds is 2. The van der Waals surface area contributed by atoms with Crippen molar-refractivity contribution in [2.24, 2.45) is 0 Å². The van der Waals surface area contributed by atoms with Crippen molar-refractivity contribution < 1.29 is 4.79 Å². The zero-order valence-corrected chi connectivity index (χ0v) is 12.8. The average molecular weight is 285 g/mol. The lowest BCUT2D eigenvalue weighted by Crippen LogP contribution is -2.33. The largest absolute Gasteiger partial charge is 0.314 e. The fourth-order valence-corrected chi connectivity index (χ4v) is 3.00. The molecule has 0 atom stereocenters. The second kappa shape index (κ2) is 4.41. The maximum Gasteiger partial charge on any atom is 0.258 e. The van der Waals surface area contributed by atoms with Gasteiger partial charge in [0.25, 0.3) is 5.56 Å². The van der Waals surface area contributed by atoms with Crippen molar-refractivity contribution in [1.29, 1.82) is 0 Å².